The second-order valence-corrected chi connectivity index (χ2v) is 8.73. The number of carbonyl (C=O) groups is 1. The van der Waals surface area contributed by atoms with Crippen LogP contribution in [0.4, 0.5) is 4.39 Å². The Kier molecular flexibility index (Phi) is 5.89. The number of pyridine rings is 1. The number of hydrogen-bond donors (Lipinski definition) is 1. The molecule has 0 aliphatic carbocycles. The van der Waals surface area contributed by atoms with Gasteiger partial charge in [0.1, 0.15) is 17.3 Å². The Labute approximate surface area is 196 Å². The second kappa shape index (κ2) is 9.00. The lowest BCUT2D eigenvalue weighted by atomic mass is 9.99. The summed E-state index contributed by atoms with van der Waals surface area (Å²) < 4.78 is 17.6. The topological polar surface area (TPSA) is 79.4 Å². The minimum atomic E-state index is -0.473. The molecule has 4 heterocycles. The van der Waals surface area contributed by atoms with E-state index in [9.17, 15) is 14.4 Å². The third-order valence-electron chi connectivity index (χ3n) is 6.37. The molecule has 1 aliphatic rings. The Bertz CT molecular complexity index is 1340. The van der Waals surface area contributed by atoms with E-state index in [-0.39, 0.29) is 12.4 Å². The van der Waals surface area contributed by atoms with Gasteiger partial charge in [0.05, 0.1) is 24.8 Å². The number of nitrogens with zero attached hydrogens (tertiary/aromatic N) is 6. The zero-order chi connectivity index (χ0) is 23.8. The molecule has 1 amide bonds. The standard InChI is InChI=1S/C25H27FN6O2/c1-3-30-11-9-27-22(30)16-29(2)14-18-15-31(13-17-4-6-19(26)7-5-17)21-12-28-24-20(23(18)21)8-10-32(34)25(24)33/h4-7,9,11-12,15,34H,3,8,10,13-14,16H2,1-2H3. The summed E-state index contributed by atoms with van der Waals surface area (Å²) in [5, 5.41) is 11.6. The summed E-state index contributed by atoms with van der Waals surface area (Å²) in [6, 6.07) is 6.47. The molecular weight excluding hydrogens is 435 g/mol. The van der Waals surface area contributed by atoms with Crippen LogP contribution in [0.3, 0.4) is 0 Å². The van der Waals surface area contributed by atoms with E-state index in [2.05, 4.69) is 37.1 Å². The quantitative estimate of drug-likeness (QED) is 0.426. The molecule has 0 saturated heterocycles. The minimum Gasteiger partial charge on any atom is -0.341 e. The van der Waals surface area contributed by atoms with Gasteiger partial charge in [-0.15, -0.1) is 0 Å². The first-order valence-electron chi connectivity index (χ1n) is 11.4. The van der Waals surface area contributed by atoms with Crippen molar-refractivity contribution in [1.82, 2.24) is 29.1 Å². The first-order chi connectivity index (χ1) is 16.4. The number of benzene rings is 1. The van der Waals surface area contributed by atoms with Gasteiger partial charge in [0, 0.05) is 43.6 Å². The largest absolute Gasteiger partial charge is 0.341 e. The van der Waals surface area contributed by atoms with Gasteiger partial charge in [0.25, 0.3) is 5.91 Å². The van der Waals surface area contributed by atoms with Crippen LogP contribution in [0.2, 0.25) is 0 Å². The zero-order valence-electron chi connectivity index (χ0n) is 19.3. The Hall–Kier alpha value is -3.56. The molecule has 0 atom stereocenters. The summed E-state index contributed by atoms with van der Waals surface area (Å²) in [4.78, 5) is 23.6. The molecule has 4 aromatic rings. The van der Waals surface area contributed by atoms with E-state index < -0.39 is 5.91 Å². The van der Waals surface area contributed by atoms with E-state index >= 15 is 0 Å². The van der Waals surface area contributed by atoms with Gasteiger partial charge in [-0.2, -0.15) is 0 Å². The van der Waals surface area contributed by atoms with E-state index in [4.69, 9.17) is 0 Å². The molecule has 0 radical (unpaired) electrons. The monoisotopic (exact) mass is 462 g/mol. The number of hydrogen-bond acceptors (Lipinski definition) is 5. The number of aryl methyl sites for hydroxylation is 1. The highest BCUT2D eigenvalue weighted by Gasteiger charge is 2.28. The Morgan fingerprint density at radius 2 is 1.94 bits per heavy atom. The van der Waals surface area contributed by atoms with E-state index in [1.165, 1.54) is 12.1 Å². The van der Waals surface area contributed by atoms with E-state index in [1.54, 1.807) is 18.3 Å². The third kappa shape index (κ3) is 4.08. The average Bonchev–Trinajstić information content (AvgIpc) is 3.42. The molecule has 9 heteroatoms. The number of halogens is 1. The highest BCUT2D eigenvalue weighted by Crippen LogP contribution is 2.31. The van der Waals surface area contributed by atoms with Crippen LogP contribution in [0, 0.1) is 5.82 Å². The number of carbonyl (C=O) groups excluding carboxylic acids is 1. The smallest absolute Gasteiger partial charge is 0.296 e. The van der Waals surface area contributed by atoms with Crippen LogP contribution in [-0.2, 0) is 32.6 Å². The number of amides is 1. The van der Waals surface area contributed by atoms with Crippen molar-refractivity contribution in [2.24, 2.45) is 0 Å². The molecule has 5 rings (SSSR count). The summed E-state index contributed by atoms with van der Waals surface area (Å²) >= 11 is 0. The molecular formula is C25H27FN6O2. The fourth-order valence-electron chi connectivity index (χ4n) is 4.71. The van der Waals surface area contributed by atoms with Crippen molar-refractivity contribution in [1.29, 1.82) is 0 Å². The highest BCUT2D eigenvalue weighted by molar-refractivity contribution is 6.00. The molecule has 0 fully saturated rings. The molecule has 34 heavy (non-hydrogen) atoms. The van der Waals surface area contributed by atoms with Crippen LogP contribution < -0.4 is 0 Å². The van der Waals surface area contributed by atoms with Gasteiger partial charge in [-0.3, -0.25) is 14.9 Å². The van der Waals surface area contributed by atoms with Crippen molar-refractivity contribution in [3.05, 3.63) is 83.1 Å². The van der Waals surface area contributed by atoms with Crippen LogP contribution >= 0.6 is 0 Å². The predicted molar refractivity (Wildman–Crippen MR) is 125 cm³/mol. The van der Waals surface area contributed by atoms with Crippen LogP contribution in [0.25, 0.3) is 10.9 Å². The number of aromatic nitrogens is 4. The molecule has 3 aromatic heterocycles. The molecule has 1 aromatic carbocycles. The van der Waals surface area contributed by atoms with Crippen molar-refractivity contribution in [2.45, 2.75) is 39.5 Å². The SMILES string of the molecule is CCn1ccnc1CN(C)Cc1cn(Cc2ccc(F)cc2)c2cnc3c(c12)CCN(O)C3=O. The van der Waals surface area contributed by atoms with Crippen molar-refractivity contribution >= 4 is 16.8 Å². The summed E-state index contributed by atoms with van der Waals surface area (Å²) in [5.74, 6) is 0.255. The summed E-state index contributed by atoms with van der Waals surface area (Å²) in [6.45, 7) is 5.08. The van der Waals surface area contributed by atoms with Crippen LogP contribution in [0.5, 0.6) is 0 Å². The van der Waals surface area contributed by atoms with Crippen LogP contribution in [-0.4, -0.2) is 53.8 Å². The molecule has 176 valence electrons. The van der Waals surface area contributed by atoms with E-state index in [1.807, 2.05) is 19.4 Å². The fraction of sp³-hybridized carbons (Fsp3) is 0.320. The van der Waals surface area contributed by atoms with Gasteiger partial charge < -0.3 is 9.13 Å². The number of fused-ring (bicyclic) bond motifs is 3. The summed E-state index contributed by atoms with van der Waals surface area (Å²) in [6.07, 6.45) is 8.11. The summed E-state index contributed by atoms with van der Waals surface area (Å²) in [5.41, 5.74) is 4.13. The molecule has 0 unspecified atom stereocenters. The lowest BCUT2D eigenvalue weighted by Gasteiger charge is -2.23. The molecule has 1 N–H and O–H groups in total. The van der Waals surface area contributed by atoms with Crippen molar-refractivity contribution in [3.8, 4) is 0 Å². The number of rotatable bonds is 7. The molecule has 0 bridgehead atoms. The fourth-order valence-corrected chi connectivity index (χ4v) is 4.71. The van der Waals surface area contributed by atoms with Gasteiger partial charge in [-0.05, 0) is 49.2 Å². The Morgan fingerprint density at radius 3 is 2.71 bits per heavy atom. The first kappa shape index (κ1) is 22.2. The number of imidazole rings is 1. The third-order valence-corrected chi connectivity index (χ3v) is 6.37. The highest BCUT2D eigenvalue weighted by atomic mass is 19.1. The summed E-state index contributed by atoms with van der Waals surface area (Å²) in [7, 11) is 2.05. The maximum absolute atomic E-state index is 13.4. The lowest BCUT2D eigenvalue weighted by Crippen LogP contribution is -2.35. The molecule has 0 spiro atoms. The molecule has 1 aliphatic heterocycles. The molecule has 8 nitrogen and oxygen atoms in total. The van der Waals surface area contributed by atoms with Gasteiger partial charge in [-0.25, -0.2) is 19.4 Å². The van der Waals surface area contributed by atoms with Crippen LogP contribution in [0.1, 0.15) is 39.9 Å². The number of hydroxylamine groups is 2. The Balaban J connectivity index is 1.54. The maximum Gasteiger partial charge on any atom is 0.296 e. The van der Waals surface area contributed by atoms with Crippen LogP contribution in [0.15, 0.2) is 49.1 Å². The van der Waals surface area contributed by atoms with Crippen molar-refractivity contribution in [2.75, 3.05) is 13.6 Å². The molecule has 0 saturated carbocycles. The van der Waals surface area contributed by atoms with Crippen molar-refractivity contribution in [3.63, 3.8) is 0 Å². The minimum absolute atomic E-state index is 0.235. The van der Waals surface area contributed by atoms with Gasteiger partial charge in [-0.1, -0.05) is 12.1 Å². The maximum atomic E-state index is 13.4. The zero-order valence-corrected chi connectivity index (χ0v) is 19.3. The predicted octanol–water partition coefficient (Wildman–Crippen LogP) is 3.46. The average molecular weight is 463 g/mol. The van der Waals surface area contributed by atoms with E-state index in [0.29, 0.717) is 31.7 Å². The second-order valence-electron chi connectivity index (χ2n) is 8.73. The van der Waals surface area contributed by atoms with Gasteiger partial charge >= 0.3 is 0 Å². The van der Waals surface area contributed by atoms with Gasteiger partial charge in [0.2, 0.25) is 0 Å². The van der Waals surface area contributed by atoms with Gasteiger partial charge in [0.15, 0.2) is 0 Å². The Morgan fingerprint density at radius 1 is 1.15 bits per heavy atom. The van der Waals surface area contributed by atoms with E-state index in [0.717, 1.165) is 45.0 Å². The van der Waals surface area contributed by atoms with Crippen molar-refractivity contribution < 1.29 is 14.4 Å². The lowest BCUT2D eigenvalue weighted by molar-refractivity contribution is -0.0606. The first-order valence-corrected chi connectivity index (χ1v) is 11.4. The normalized spacial score (nSPS) is 13.8.